The molecule has 0 fully saturated rings. The van der Waals surface area contributed by atoms with Gasteiger partial charge >= 0.3 is 11.7 Å². The van der Waals surface area contributed by atoms with E-state index in [2.05, 4.69) is 0 Å². The quantitative estimate of drug-likeness (QED) is 0.334. The summed E-state index contributed by atoms with van der Waals surface area (Å²) >= 11 is 0. The van der Waals surface area contributed by atoms with Crippen molar-refractivity contribution in [3.05, 3.63) is 98.3 Å². The summed E-state index contributed by atoms with van der Waals surface area (Å²) in [4.78, 5) is 51.0. The molecule has 9 heteroatoms. The number of nitrogens with two attached hydrogens (primary N) is 1. The fourth-order valence-electron chi connectivity index (χ4n) is 3.92. The van der Waals surface area contributed by atoms with Crippen LogP contribution < -0.4 is 17.0 Å². The van der Waals surface area contributed by atoms with Crippen molar-refractivity contribution in [3.63, 3.8) is 0 Å². The molecule has 0 aliphatic carbocycles. The molecule has 4 rings (SSSR count). The van der Waals surface area contributed by atoms with Crippen molar-refractivity contribution in [1.82, 2.24) is 13.7 Å². The van der Waals surface area contributed by atoms with Gasteiger partial charge in [-0.2, -0.15) is 0 Å². The highest BCUT2D eigenvalue weighted by molar-refractivity contribution is 6.06. The first kappa shape index (κ1) is 22.8. The van der Waals surface area contributed by atoms with E-state index in [1.165, 1.54) is 7.05 Å². The predicted molar refractivity (Wildman–Crippen MR) is 128 cm³/mol. The zero-order valence-corrected chi connectivity index (χ0v) is 18.9. The molecule has 0 atom stereocenters. The molecule has 4 aromatic rings. The summed E-state index contributed by atoms with van der Waals surface area (Å²) in [6, 6.07) is 16.4. The summed E-state index contributed by atoms with van der Waals surface area (Å²) in [6.07, 6.45) is 1.67. The Hall–Kier alpha value is -4.40. The molecule has 2 heterocycles. The number of ketones is 1. The van der Waals surface area contributed by atoms with E-state index in [1.807, 2.05) is 35.8 Å². The molecule has 0 unspecified atom stereocenters. The molecule has 0 aliphatic heterocycles. The molecule has 9 nitrogen and oxygen atoms in total. The van der Waals surface area contributed by atoms with Gasteiger partial charge in [-0.05, 0) is 18.6 Å². The van der Waals surface area contributed by atoms with Gasteiger partial charge in [0, 0.05) is 30.7 Å². The van der Waals surface area contributed by atoms with Crippen molar-refractivity contribution < 1.29 is 14.3 Å². The SMILES string of the molecule is CCn1cc(C(=O)OCC(=O)c2c(N)n(Cc3ccccc3)c(=O)n(C)c2=O)c2ccccc21. The number of carbonyl (C=O) groups is 2. The Bertz CT molecular complexity index is 1510. The van der Waals surface area contributed by atoms with Gasteiger partial charge in [0.05, 0.1) is 12.1 Å². The molecule has 0 saturated carbocycles. The van der Waals surface area contributed by atoms with E-state index in [9.17, 15) is 19.2 Å². The molecule has 2 N–H and O–H groups in total. The van der Waals surface area contributed by atoms with Crippen LogP contribution in [0.15, 0.2) is 70.4 Å². The Morgan fingerprint density at radius 2 is 1.68 bits per heavy atom. The van der Waals surface area contributed by atoms with Gasteiger partial charge in [0.1, 0.15) is 11.4 Å². The maximum atomic E-state index is 12.9. The average Bonchev–Trinajstić information content (AvgIpc) is 3.23. The third-order valence-electron chi connectivity index (χ3n) is 5.73. The van der Waals surface area contributed by atoms with E-state index < -0.39 is 29.6 Å². The van der Waals surface area contributed by atoms with E-state index in [-0.39, 0.29) is 17.9 Å². The van der Waals surface area contributed by atoms with Crippen molar-refractivity contribution in [2.45, 2.75) is 20.0 Å². The van der Waals surface area contributed by atoms with E-state index in [0.717, 1.165) is 20.2 Å². The van der Waals surface area contributed by atoms with Crippen LogP contribution in [0.1, 0.15) is 33.2 Å². The van der Waals surface area contributed by atoms with E-state index in [1.54, 1.807) is 36.5 Å². The minimum Gasteiger partial charge on any atom is -0.454 e. The van der Waals surface area contributed by atoms with Crippen molar-refractivity contribution in [3.8, 4) is 0 Å². The number of Topliss-reactive ketones (excluding diaryl/α,β-unsaturated/α-hetero) is 1. The second-order valence-corrected chi connectivity index (χ2v) is 7.82. The Morgan fingerprint density at radius 1 is 1.00 bits per heavy atom. The van der Waals surface area contributed by atoms with Crippen LogP contribution in [0.3, 0.4) is 0 Å². The van der Waals surface area contributed by atoms with Gasteiger partial charge in [-0.1, -0.05) is 48.5 Å². The number of rotatable bonds is 7. The van der Waals surface area contributed by atoms with Crippen molar-refractivity contribution in [1.29, 1.82) is 0 Å². The number of nitrogen functional groups attached to an aromatic ring is 1. The summed E-state index contributed by atoms with van der Waals surface area (Å²) in [5.41, 5.74) is 6.19. The summed E-state index contributed by atoms with van der Waals surface area (Å²) in [5.74, 6) is -1.74. The fraction of sp³-hybridized carbons (Fsp3) is 0.200. The lowest BCUT2D eigenvalue weighted by molar-refractivity contribution is 0.0476. The van der Waals surface area contributed by atoms with Gasteiger partial charge < -0.3 is 15.0 Å². The van der Waals surface area contributed by atoms with Crippen molar-refractivity contribution in [2.75, 3.05) is 12.3 Å². The van der Waals surface area contributed by atoms with Crippen LogP contribution in [0, 0.1) is 0 Å². The maximum Gasteiger partial charge on any atom is 0.340 e. The maximum absolute atomic E-state index is 12.9. The zero-order chi connectivity index (χ0) is 24.4. The average molecular weight is 460 g/mol. The molecular formula is C25H24N4O5. The first-order valence-electron chi connectivity index (χ1n) is 10.7. The molecule has 2 aromatic heterocycles. The number of esters is 1. The van der Waals surface area contributed by atoms with Crippen LogP contribution in [0.5, 0.6) is 0 Å². The number of para-hydroxylation sites is 1. The second kappa shape index (κ2) is 9.22. The molecule has 0 bridgehead atoms. The number of aryl methyl sites for hydroxylation is 1. The van der Waals surface area contributed by atoms with Crippen LogP contribution in [-0.4, -0.2) is 32.1 Å². The van der Waals surface area contributed by atoms with Gasteiger partial charge in [0.25, 0.3) is 5.56 Å². The summed E-state index contributed by atoms with van der Waals surface area (Å²) in [7, 11) is 1.27. The zero-order valence-electron chi connectivity index (χ0n) is 18.9. The topological polar surface area (TPSA) is 118 Å². The number of hydrogen-bond acceptors (Lipinski definition) is 6. The molecule has 0 radical (unpaired) electrons. The number of carbonyl (C=O) groups excluding carboxylic acids is 2. The highest BCUT2D eigenvalue weighted by Crippen LogP contribution is 2.22. The molecule has 0 aliphatic rings. The number of benzene rings is 2. The summed E-state index contributed by atoms with van der Waals surface area (Å²) in [5, 5.41) is 0.702. The Labute approximate surface area is 194 Å². The number of fused-ring (bicyclic) bond motifs is 1. The number of nitrogens with zero attached hydrogens (tertiary/aromatic N) is 3. The van der Waals surface area contributed by atoms with Gasteiger partial charge in [-0.25, -0.2) is 9.59 Å². The number of ether oxygens (including phenoxy) is 1. The minimum absolute atomic E-state index is 0.0796. The third-order valence-corrected chi connectivity index (χ3v) is 5.73. The monoisotopic (exact) mass is 460 g/mol. The Balaban J connectivity index is 1.62. The number of aromatic nitrogens is 3. The van der Waals surface area contributed by atoms with Crippen molar-refractivity contribution >= 4 is 28.5 Å². The van der Waals surface area contributed by atoms with Gasteiger partial charge in [0.2, 0.25) is 5.78 Å². The number of anilines is 1. The lowest BCUT2D eigenvalue weighted by Crippen LogP contribution is -2.43. The molecule has 0 saturated heterocycles. The highest BCUT2D eigenvalue weighted by atomic mass is 16.5. The molecule has 2 aromatic carbocycles. The fourth-order valence-corrected chi connectivity index (χ4v) is 3.92. The van der Waals surface area contributed by atoms with Crippen LogP contribution in [0.2, 0.25) is 0 Å². The Morgan fingerprint density at radius 3 is 2.38 bits per heavy atom. The summed E-state index contributed by atoms with van der Waals surface area (Å²) < 4.78 is 9.14. The van der Waals surface area contributed by atoms with Gasteiger partial charge in [0.15, 0.2) is 6.61 Å². The molecule has 0 amide bonds. The molecule has 34 heavy (non-hydrogen) atoms. The van der Waals surface area contributed by atoms with Crippen LogP contribution in [0.4, 0.5) is 5.82 Å². The number of hydrogen-bond donors (Lipinski definition) is 1. The lowest BCUT2D eigenvalue weighted by Gasteiger charge is -2.14. The normalized spacial score (nSPS) is 11.0. The second-order valence-electron chi connectivity index (χ2n) is 7.82. The summed E-state index contributed by atoms with van der Waals surface area (Å²) in [6.45, 7) is 2.00. The standard InChI is InChI=1S/C25H24N4O5/c1-3-28-14-18(17-11-7-8-12-19(17)28)24(32)34-15-20(30)21-22(26)29(25(33)27(2)23(21)31)13-16-9-5-4-6-10-16/h4-12,14H,3,13,15,26H2,1-2H3. The van der Waals surface area contributed by atoms with Gasteiger partial charge in [-0.15, -0.1) is 0 Å². The third kappa shape index (κ3) is 4.03. The first-order valence-corrected chi connectivity index (χ1v) is 10.7. The lowest BCUT2D eigenvalue weighted by atomic mass is 10.1. The van der Waals surface area contributed by atoms with E-state index in [0.29, 0.717) is 17.5 Å². The van der Waals surface area contributed by atoms with Crippen LogP contribution in [0.25, 0.3) is 10.9 Å². The van der Waals surface area contributed by atoms with Crippen LogP contribution in [-0.2, 0) is 24.9 Å². The van der Waals surface area contributed by atoms with E-state index in [4.69, 9.17) is 10.5 Å². The first-order chi connectivity index (χ1) is 16.3. The van der Waals surface area contributed by atoms with Crippen LogP contribution >= 0.6 is 0 Å². The largest absolute Gasteiger partial charge is 0.454 e. The van der Waals surface area contributed by atoms with Gasteiger partial charge in [-0.3, -0.25) is 18.7 Å². The molecular weight excluding hydrogens is 436 g/mol. The smallest absolute Gasteiger partial charge is 0.340 e. The highest BCUT2D eigenvalue weighted by Gasteiger charge is 2.24. The van der Waals surface area contributed by atoms with Crippen molar-refractivity contribution in [2.24, 2.45) is 7.05 Å². The molecule has 0 spiro atoms. The Kier molecular flexibility index (Phi) is 6.18. The van der Waals surface area contributed by atoms with E-state index >= 15 is 0 Å². The minimum atomic E-state index is -0.838. The predicted octanol–water partition coefficient (Wildman–Crippen LogP) is 2.19. The molecule has 174 valence electrons.